The van der Waals surface area contributed by atoms with Gasteiger partial charge in [-0.3, -0.25) is 9.59 Å². The maximum absolute atomic E-state index is 12.9. The lowest BCUT2D eigenvalue weighted by Crippen LogP contribution is -2.46. The van der Waals surface area contributed by atoms with Gasteiger partial charge >= 0.3 is 12.1 Å². The van der Waals surface area contributed by atoms with Crippen molar-refractivity contribution in [2.24, 2.45) is 0 Å². The fourth-order valence-corrected chi connectivity index (χ4v) is 6.24. The van der Waals surface area contributed by atoms with Crippen LogP contribution in [0, 0.1) is 0 Å². The monoisotopic (exact) mass is 462 g/mol. The summed E-state index contributed by atoms with van der Waals surface area (Å²) in [4.78, 5) is 38.4. The van der Waals surface area contributed by atoms with E-state index in [9.17, 15) is 19.5 Å². The number of nitrogens with zero attached hydrogens (tertiary/aromatic N) is 1. The van der Waals surface area contributed by atoms with Crippen molar-refractivity contribution in [2.75, 3.05) is 13.2 Å². The van der Waals surface area contributed by atoms with E-state index in [1.54, 1.807) is 0 Å². The molecule has 2 bridgehead atoms. The molecule has 3 aliphatic rings. The number of hydrogen-bond donors (Lipinski definition) is 2. The number of ether oxygens (including phenoxy) is 1. The number of carboxylic acids is 1. The van der Waals surface area contributed by atoms with Gasteiger partial charge in [0.1, 0.15) is 6.61 Å². The van der Waals surface area contributed by atoms with E-state index in [0.29, 0.717) is 19.4 Å². The molecule has 5 rings (SSSR count). The highest BCUT2D eigenvalue weighted by molar-refractivity contribution is 5.80. The number of amides is 2. The van der Waals surface area contributed by atoms with Gasteiger partial charge in [0.2, 0.25) is 5.91 Å². The Bertz CT molecular complexity index is 1060. The van der Waals surface area contributed by atoms with Crippen molar-refractivity contribution in [3.05, 3.63) is 59.7 Å². The Morgan fingerprint density at radius 1 is 1.00 bits per heavy atom. The highest BCUT2D eigenvalue weighted by Gasteiger charge is 2.54. The first-order valence-electron chi connectivity index (χ1n) is 12.1. The van der Waals surface area contributed by atoms with E-state index in [2.05, 4.69) is 29.6 Å². The molecule has 0 saturated carbocycles. The molecule has 1 aliphatic carbocycles. The quantitative estimate of drug-likeness (QED) is 0.570. The second-order valence-corrected chi connectivity index (χ2v) is 9.65. The number of benzene rings is 2. The first-order valence-corrected chi connectivity index (χ1v) is 12.1. The van der Waals surface area contributed by atoms with Crippen LogP contribution in [0.1, 0.15) is 62.0 Å². The predicted octanol–water partition coefficient (Wildman–Crippen LogP) is 4.30. The smallest absolute Gasteiger partial charge is 0.407 e. The van der Waals surface area contributed by atoms with E-state index in [0.717, 1.165) is 36.8 Å². The highest BCUT2D eigenvalue weighted by Crippen LogP contribution is 2.49. The van der Waals surface area contributed by atoms with Crippen molar-refractivity contribution in [3.63, 3.8) is 0 Å². The molecule has 2 amide bonds. The molecule has 0 atom stereocenters. The molecule has 34 heavy (non-hydrogen) atoms. The zero-order valence-corrected chi connectivity index (χ0v) is 19.2. The summed E-state index contributed by atoms with van der Waals surface area (Å²) in [6, 6.07) is 16.6. The van der Waals surface area contributed by atoms with Crippen LogP contribution < -0.4 is 5.32 Å². The molecule has 2 aliphatic heterocycles. The van der Waals surface area contributed by atoms with Gasteiger partial charge < -0.3 is 20.1 Å². The van der Waals surface area contributed by atoms with Gasteiger partial charge in [0, 0.05) is 24.9 Å². The minimum atomic E-state index is -0.850. The molecule has 0 unspecified atom stereocenters. The summed E-state index contributed by atoms with van der Waals surface area (Å²) in [5.41, 5.74) is 4.19. The molecule has 7 heteroatoms. The lowest BCUT2D eigenvalue weighted by atomic mass is 9.85. The van der Waals surface area contributed by atoms with Crippen LogP contribution in [-0.2, 0) is 14.3 Å². The summed E-state index contributed by atoms with van der Waals surface area (Å²) >= 11 is 0. The highest BCUT2D eigenvalue weighted by atomic mass is 16.5. The summed E-state index contributed by atoms with van der Waals surface area (Å²) in [5.74, 6) is -0.844. The third kappa shape index (κ3) is 4.04. The number of hydrogen-bond acceptors (Lipinski definition) is 4. The molecule has 178 valence electrons. The molecule has 2 heterocycles. The van der Waals surface area contributed by atoms with E-state index in [4.69, 9.17) is 4.74 Å². The average Bonchev–Trinajstić information content (AvgIpc) is 3.47. The summed E-state index contributed by atoms with van der Waals surface area (Å²) in [6.45, 7) is 0.596. The Kier molecular flexibility index (Phi) is 6.02. The first-order chi connectivity index (χ1) is 16.5. The van der Waals surface area contributed by atoms with Crippen LogP contribution in [0.3, 0.4) is 0 Å². The Labute approximate surface area is 199 Å². The normalized spacial score (nSPS) is 22.4. The van der Waals surface area contributed by atoms with Crippen LogP contribution in [0.15, 0.2) is 48.5 Å². The number of alkyl carbamates (subject to hydrolysis) is 1. The zero-order chi connectivity index (χ0) is 23.7. The number of rotatable bonds is 8. The molecular formula is C27H30N2O5. The predicted molar refractivity (Wildman–Crippen MR) is 126 cm³/mol. The second kappa shape index (κ2) is 9.12. The number of nitrogens with one attached hydrogen (secondary N) is 1. The molecule has 2 aromatic carbocycles. The zero-order valence-electron chi connectivity index (χ0n) is 19.2. The van der Waals surface area contributed by atoms with Crippen LogP contribution in [0.4, 0.5) is 4.79 Å². The van der Waals surface area contributed by atoms with Crippen molar-refractivity contribution in [3.8, 4) is 11.1 Å². The largest absolute Gasteiger partial charge is 0.481 e. The lowest BCUT2D eigenvalue weighted by Gasteiger charge is -2.34. The Morgan fingerprint density at radius 3 is 2.24 bits per heavy atom. The topological polar surface area (TPSA) is 95.9 Å². The van der Waals surface area contributed by atoms with Gasteiger partial charge in [-0.05, 0) is 54.4 Å². The Hall–Kier alpha value is -3.35. The van der Waals surface area contributed by atoms with Crippen molar-refractivity contribution in [2.45, 2.75) is 62.4 Å². The van der Waals surface area contributed by atoms with Crippen LogP contribution >= 0.6 is 0 Å². The molecule has 2 saturated heterocycles. The third-order valence-electron chi connectivity index (χ3n) is 7.69. The molecule has 0 radical (unpaired) electrons. The molecule has 7 nitrogen and oxygen atoms in total. The van der Waals surface area contributed by atoms with Crippen LogP contribution in [0.25, 0.3) is 11.1 Å². The Balaban J connectivity index is 1.09. The standard InChI is InChI=1S/C27H30N2O5/c30-24(29-18-11-13-27(29,14-12-18)16-25(31)32)10-5-15-28-26(33)34-17-23-21-8-3-1-6-19(21)20-7-2-4-9-22(20)23/h1-4,6-9,18,23H,5,10-17H2,(H,28,33)(H,31,32). The van der Waals surface area contributed by atoms with Gasteiger partial charge in [-0.2, -0.15) is 0 Å². The van der Waals surface area contributed by atoms with E-state index < -0.39 is 17.6 Å². The minimum Gasteiger partial charge on any atom is -0.481 e. The maximum atomic E-state index is 12.9. The van der Waals surface area contributed by atoms with Crippen LogP contribution in [0.2, 0.25) is 0 Å². The SMILES string of the molecule is O=C(O)CC12CCC(CC1)N2C(=O)CCCNC(=O)OCC1c2ccccc2-c2ccccc21. The van der Waals surface area contributed by atoms with Crippen molar-refractivity contribution in [1.82, 2.24) is 10.2 Å². The van der Waals surface area contributed by atoms with Gasteiger partial charge in [-0.1, -0.05) is 48.5 Å². The van der Waals surface area contributed by atoms with Gasteiger partial charge in [0.15, 0.2) is 0 Å². The summed E-state index contributed by atoms with van der Waals surface area (Å²) in [7, 11) is 0. The first kappa shape index (κ1) is 22.4. The molecule has 0 spiro atoms. The number of carbonyl (C=O) groups is 3. The van der Waals surface area contributed by atoms with E-state index >= 15 is 0 Å². The van der Waals surface area contributed by atoms with Gasteiger partial charge in [-0.15, -0.1) is 0 Å². The summed E-state index contributed by atoms with van der Waals surface area (Å²) in [6.07, 6.45) is 3.64. The lowest BCUT2D eigenvalue weighted by molar-refractivity contribution is -0.143. The number of aliphatic carboxylic acids is 1. The van der Waals surface area contributed by atoms with E-state index in [-0.39, 0.29) is 30.9 Å². The number of carboxylic acid groups (broad SMARTS) is 1. The summed E-state index contributed by atoms with van der Waals surface area (Å²) in [5, 5.41) is 12.1. The maximum Gasteiger partial charge on any atom is 0.407 e. The molecule has 0 aromatic heterocycles. The van der Waals surface area contributed by atoms with Crippen molar-refractivity contribution >= 4 is 18.0 Å². The van der Waals surface area contributed by atoms with E-state index in [1.165, 1.54) is 11.1 Å². The number of fused-ring (bicyclic) bond motifs is 5. The van der Waals surface area contributed by atoms with Crippen molar-refractivity contribution in [1.29, 1.82) is 0 Å². The molecule has 2 N–H and O–H groups in total. The van der Waals surface area contributed by atoms with Gasteiger partial charge in [0.05, 0.1) is 12.0 Å². The minimum absolute atomic E-state index is 0.00409. The van der Waals surface area contributed by atoms with Crippen LogP contribution in [-0.4, -0.2) is 52.7 Å². The molecular weight excluding hydrogens is 432 g/mol. The molecule has 2 aromatic rings. The van der Waals surface area contributed by atoms with E-state index in [1.807, 2.05) is 29.2 Å². The second-order valence-electron chi connectivity index (χ2n) is 9.65. The van der Waals surface area contributed by atoms with Gasteiger partial charge in [-0.25, -0.2) is 4.79 Å². The summed E-state index contributed by atoms with van der Waals surface area (Å²) < 4.78 is 5.54. The Morgan fingerprint density at radius 2 is 1.62 bits per heavy atom. The van der Waals surface area contributed by atoms with Gasteiger partial charge in [0.25, 0.3) is 0 Å². The average molecular weight is 463 g/mol. The fraction of sp³-hybridized carbons (Fsp3) is 0.444. The molecule has 2 fully saturated rings. The number of carbonyl (C=O) groups excluding carboxylic acids is 2. The van der Waals surface area contributed by atoms with Crippen LogP contribution in [0.5, 0.6) is 0 Å². The van der Waals surface area contributed by atoms with Crippen molar-refractivity contribution < 1.29 is 24.2 Å². The fourth-order valence-electron chi connectivity index (χ4n) is 6.24. The third-order valence-corrected chi connectivity index (χ3v) is 7.69.